The first-order valence-corrected chi connectivity index (χ1v) is 12.5. The Kier molecular flexibility index (Phi) is 5.17. The van der Waals surface area contributed by atoms with E-state index in [-0.39, 0.29) is 29.6 Å². The summed E-state index contributed by atoms with van der Waals surface area (Å²) in [6.45, 7) is 3.58. The number of alkyl halides is 2. The van der Waals surface area contributed by atoms with Crippen LogP contribution in [0.15, 0.2) is 22.2 Å². The largest absolute Gasteiger partial charge is 0.458 e. The molecule has 0 radical (unpaired) electrons. The van der Waals surface area contributed by atoms with E-state index in [2.05, 4.69) is 19.1 Å². The summed E-state index contributed by atoms with van der Waals surface area (Å²) in [6, 6.07) is 0. The van der Waals surface area contributed by atoms with Crippen molar-refractivity contribution in [2.75, 3.05) is 14.2 Å². The van der Waals surface area contributed by atoms with Gasteiger partial charge < -0.3 is 14.2 Å². The third-order valence-corrected chi connectivity index (χ3v) is 11.9. The summed E-state index contributed by atoms with van der Waals surface area (Å²) in [4.78, 5) is 9.59. The summed E-state index contributed by atoms with van der Waals surface area (Å²) in [5.41, 5.74) is -0.479. The first-order chi connectivity index (χ1) is 14.5. The number of carbonyl (C=O) groups is 1. The van der Waals surface area contributed by atoms with Gasteiger partial charge in [-0.05, 0) is 56.3 Å². The Morgan fingerprint density at radius 1 is 0.903 bits per heavy atom. The summed E-state index contributed by atoms with van der Waals surface area (Å²) in [7, 11) is 3.11. The van der Waals surface area contributed by atoms with Gasteiger partial charge in [0.1, 0.15) is 15.3 Å². The van der Waals surface area contributed by atoms with E-state index in [0.29, 0.717) is 21.9 Å². The van der Waals surface area contributed by atoms with Crippen molar-refractivity contribution in [1.29, 1.82) is 0 Å². The van der Waals surface area contributed by atoms with Crippen LogP contribution in [0, 0.1) is 35.5 Å². The maximum absolute atomic E-state index is 11.9. The predicted molar refractivity (Wildman–Crippen MR) is 121 cm³/mol. The van der Waals surface area contributed by atoms with Crippen LogP contribution in [0.25, 0.3) is 0 Å². The molecule has 0 aromatic carbocycles. The highest BCUT2D eigenvalue weighted by Crippen LogP contribution is 2.76. The van der Waals surface area contributed by atoms with Crippen molar-refractivity contribution in [2.24, 2.45) is 35.5 Å². The van der Waals surface area contributed by atoms with E-state index < -0.39 is 21.1 Å². The number of hydrogen-bond donors (Lipinski definition) is 0. The molecule has 3 saturated carbocycles. The monoisotopic (exact) mass is 508 g/mol. The summed E-state index contributed by atoms with van der Waals surface area (Å²) in [5.74, 6) is -0.361. The molecule has 0 amide bonds. The van der Waals surface area contributed by atoms with E-state index >= 15 is 0 Å². The highest BCUT2D eigenvalue weighted by Gasteiger charge is 2.84. The van der Waals surface area contributed by atoms with Crippen molar-refractivity contribution in [3.05, 3.63) is 22.2 Å². The fourth-order valence-corrected chi connectivity index (χ4v) is 10.5. The second kappa shape index (κ2) is 7.02. The van der Waals surface area contributed by atoms with Crippen LogP contribution in [0.5, 0.6) is 0 Å². The molecule has 0 N–H and O–H groups in total. The molecule has 31 heavy (non-hydrogen) atoms. The van der Waals surface area contributed by atoms with Gasteiger partial charge in [-0.1, -0.05) is 35.4 Å². The zero-order valence-corrected chi connectivity index (χ0v) is 21.1. The van der Waals surface area contributed by atoms with Crippen LogP contribution in [0.4, 0.5) is 0 Å². The summed E-state index contributed by atoms with van der Waals surface area (Å²) in [6.07, 6.45) is 8.03. The molecule has 0 heterocycles. The van der Waals surface area contributed by atoms with Crippen molar-refractivity contribution in [2.45, 2.75) is 60.7 Å². The van der Waals surface area contributed by atoms with Crippen LogP contribution in [0.3, 0.4) is 0 Å². The fraction of sp³-hybridized carbons (Fsp3) is 0.783. The highest BCUT2D eigenvalue weighted by atomic mass is 35.5. The van der Waals surface area contributed by atoms with Crippen LogP contribution in [0.2, 0.25) is 0 Å². The number of carbonyl (C=O) groups excluding carboxylic acids is 1. The molecule has 1 unspecified atom stereocenters. The van der Waals surface area contributed by atoms with Crippen molar-refractivity contribution >= 4 is 52.4 Å². The van der Waals surface area contributed by atoms with E-state index in [1.807, 2.05) is 0 Å². The Hall–Kier alpha value is 0.0300. The maximum atomic E-state index is 11.9. The average molecular weight is 510 g/mol. The number of hydrogen-bond acceptors (Lipinski definition) is 4. The topological polar surface area (TPSA) is 44.8 Å². The predicted octanol–water partition coefficient (Wildman–Crippen LogP) is 5.82. The number of methoxy groups -OCH3 is 2. The molecule has 0 aromatic heterocycles. The minimum atomic E-state index is -1.32. The molecule has 0 saturated heterocycles. The van der Waals surface area contributed by atoms with Crippen LogP contribution in [-0.4, -0.2) is 41.3 Å². The molecule has 5 aliphatic rings. The molecule has 4 nitrogen and oxygen atoms in total. The molecule has 172 valence electrons. The van der Waals surface area contributed by atoms with E-state index in [9.17, 15) is 4.79 Å². The van der Waals surface area contributed by atoms with E-state index in [1.165, 1.54) is 6.92 Å². The quantitative estimate of drug-likeness (QED) is 0.208. The van der Waals surface area contributed by atoms with Crippen molar-refractivity contribution in [3.8, 4) is 0 Å². The second-order valence-electron chi connectivity index (χ2n) is 9.99. The third-order valence-electron chi connectivity index (χ3n) is 9.18. The smallest absolute Gasteiger partial charge is 0.303 e. The van der Waals surface area contributed by atoms with Gasteiger partial charge in [-0.3, -0.25) is 4.79 Å². The lowest BCUT2D eigenvalue weighted by molar-refractivity contribution is -0.220. The minimum absolute atomic E-state index is 0.0365. The van der Waals surface area contributed by atoms with Gasteiger partial charge in [-0.25, -0.2) is 0 Å². The Bertz CT molecular complexity index is 829. The SMILES string of the molecule is COC1(OC)[C@@]2(Cl)C(Cl)=C(Cl)[C@]1(Cl)[C@@H]1CC[C@@H]3[C@H](CC[C@@H]12)[C@@H]1C=C[C@H]3C1(C)OC(C)=O. The normalized spacial score (nSPS) is 51.5. The maximum Gasteiger partial charge on any atom is 0.303 e. The average Bonchev–Trinajstić information content (AvgIpc) is 3.22. The molecule has 0 spiro atoms. The molecule has 0 aliphatic heterocycles. The Morgan fingerprint density at radius 3 is 1.68 bits per heavy atom. The lowest BCUT2D eigenvalue weighted by Crippen LogP contribution is -2.57. The van der Waals surface area contributed by atoms with Crippen LogP contribution in [0.1, 0.15) is 39.5 Å². The lowest BCUT2D eigenvalue weighted by atomic mass is 9.68. The number of halogens is 4. The van der Waals surface area contributed by atoms with Crippen LogP contribution in [-0.2, 0) is 19.0 Å². The molecule has 8 heteroatoms. The van der Waals surface area contributed by atoms with Gasteiger partial charge in [0.15, 0.2) is 0 Å². The number of ether oxygens (including phenoxy) is 3. The van der Waals surface area contributed by atoms with Crippen molar-refractivity contribution in [1.82, 2.24) is 0 Å². The van der Waals surface area contributed by atoms with Gasteiger partial charge in [0.05, 0.1) is 10.1 Å². The molecular weight excluding hydrogens is 482 g/mol. The first-order valence-electron chi connectivity index (χ1n) is 11.0. The molecule has 3 fully saturated rings. The zero-order chi connectivity index (χ0) is 22.6. The van der Waals surface area contributed by atoms with Gasteiger partial charge in [-0.15, -0.1) is 23.2 Å². The van der Waals surface area contributed by atoms with Crippen molar-refractivity contribution in [3.63, 3.8) is 0 Å². The van der Waals surface area contributed by atoms with E-state index in [0.717, 1.165) is 25.7 Å². The minimum Gasteiger partial charge on any atom is -0.458 e. The lowest BCUT2D eigenvalue weighted by Gasteiger charge is -2.41. The molecule has 5 aliphatic carbocycles. The van der Waals surface area contributed by atoms with Crippen LogP contribution < -0.4 is 0 Å². The highest BCUT2D eigenvalue weighted by molar-refractivity contribution is 6.52. The summed E-state index contributed by atoms with van der Waals surface area (Å²) in [5, 5.41) is 0.677. The van der Waals surface area contributed by atoms with Gasteiger partial charge in [0.25, 0.3) is 0 Å². The molecule has 5 rings (SSSR count). The molecule has 4 bridgehead atoms. The van der Waals surface area contributed by atoms with Crippen molar-refractivity contribution < 1.29 is 19.0 Å². The molecule has 0 aromatic rings. The van der Waals surface area contributed by atoms with Gasteiger partial charge >= 0.3 is 5.97 Å². The summed E-state index contributed by atoms with van der Waals surface area (Å²) >= 11 is 28.1. The van der Waals surface area contributed by atoms with E-state index in [4.69, 9.17) is 60.6 Å². The van der Waals surface area contributed by atoms with Gasteiger partial charge in [-0.2, -0.15) is 0 Å². The zero-order valence-electron chi connectivity index (χ0n) is 18.1. The van der Waals surface area contributed by atoms with Gasteiger partial charge in [0, 0.05) is 33.0 Å². The first kappa shape index (κ1) is 22.8. The Balaban J connectivity index is 1.53. The van der Waals surface area contributed by atoms with E-state index in [1.54, 1.807) is 14.2 Å². The third kappa shape index (κ3) is 2.36. The standard InChI is InChI=1S/C23H28Cl4O4/c1-11(28)31-20(2)14-9-10-15(20)13-6-8-17-16(7-5-12(13)14)21(26)18(24)19(25)22(17,27)23(21,29-3)30-4/h9-10,12-17H,5-8H2,1-4H3/t12-,13+,14-,15+,16-,17+,20?,21-,22+. The fourth-order valence-electron chi connectivity index (χ4n) is 8.21. The Labute approximate surface area is 203 Å². The number of rotatable bonds is 3. The Morgan fingerprint density at radius 2 is 1.32 bits per heavy atom. The number of esters is 1. The molecular formula is C23H28Cl4O4. The van der Waals surface area contributed by atoms with Gasteiger partial charge in [0.2, 0.25) is 5.79 Å². The number of fused-ring (bicyclic) bond motifs is 10. The second-order valence-corrected chi connectivity index (χ2v) is 11.9. The molecule has 9 atom stereocenters. The van der Waals surface area contributed by atoms with Crippen LogP contribution >= 0.6 is 46.4 Å². The summed E-state index contributed by atoms with van der Waals surface area (Å²) < 4.78 is 17.7.